The number of rotatable bonds is 6. The maximum absolute atomic E-state index is 6.05. The Balaban J connectivity index is 1.43. The summed E-state index contributed by atoms with van der Waals surface area (Å²) in [5.74, 6) is 3.16. The molecule has 0 bridgehead atoms. The molecule has 156 valence electrons. The molecule has 0 saturated carbocycles. The average Bonchev–Trinajstić information content (AvgIpc) is 3.36. The zero-order valence-electron chi connectivity index (χ0n) is 17.1. The zero-order valence-corrected chi connectivity index (χ0v) is 17.9. The SMILES string of the molecule is Cc1cc(N=C2CC(C(C)C)NN2)nc(NCc2cc(-c3cccc(Cl)c3)no2)n1. The van der Waals surface area contributed by atoms with E-state index >= 15 is 0 Å². The lowest BCUT2D eigenvalue weighted by Crippen LogP contribution is -2.34. The van der Waals surface area contributed by atoms with E-state index in [1.54, 1.807) is 0 Å². The van der Waals surface area contributed by atoms with Gasteiger partial charge < -0.3 is 15.3 Å². The third-order valence-electron chi connectivity index (χ3n) is 4.81. The van der Waals surface area contributed by atoms with E-state index in [1.165, 1.54) is 0 Å². The van der Waals surface area contributed by atoms with Crippen LogP contribution in [0.2, 0.25) is 5.02 Å². The van der Waals surface area contributed by atoms with E-state index in [2.05, 4.69) is 50.1 Å². The van der Waals surface area contributed by atoms with E-state index in [0.717, 1.165) is 29.2 Å². The van der Waals surface area contributed by atoms with Crippen LogP contribution < -0.4 is 16.2 Å². The minimum absolute atomic E-state index is 0.365. The van der Waals surface area contributed by atoms with Gasteiger partial charge in [-0.05, 0) is 25.0 Å². The summed E-state index contributed by atoms with van der Waals surface area (Å²) in [7, 11) is 0. The fourth-order valence-electron chi connectivity index (χ4n) is 3.14. The molecule has 30 heavy (non-hydrogen) atoms. The van der Waals surface area contributed by atoms with Crippen molar-refractivity contribution >= 4 is 29.2 Å². The van der Waals surface area contributed by atoms with Crippen LogP contribution in [0.15, 0.2) is 45.9 Å². The smallest absolute Gasteiger partial charge is 0.225 e. The van der Waals surface area contributed by atoms with Crippen molar-refractivity contribution in [2.24, 2.45) is 10.9 Å². The maximum Gasteiger partial charge on any atom is 0.225 e. The molecule has 1 saturated heterocycles. The predicted molar refractivity (Wildman–Crippen MR) is 118 cm³/mol. The number of aryl methyl sites for hydroxylation is 1. The van der Waals surface area contributed by atoms with E-state index in [1.807, 2.05) is 43.3 Å². The third kappa shape index (κ3) is 4.95. The highest BCUT2D eigenvalue weighted by Gasteiger charge is 2.22. The van der Waals surface area contributed by atoms with Gasteiger partial charge in [0.15, 0.2) is 11.6 Å². The topological polar surface area (TPSA) is 100 Å². The second-order valence-electron chi connectivity index (χ2n) is 7.62. The molecule has 3 heterocycles. The molecule has 1 aliphatic heterocycles. The van der Waals surface area contributed by atoms with Gasteiger partial charge in [0, 0.05) is 40.9 Å². The van der Waals surface area contributed by atoms with Gasteiger partial charge in [0.05, 0.1) is 6.54 Å². The lowest BCUT2D eigenvalue weighted by atomic mass is 10.0. The summed E-state index contributed by atoms with van der Waals surface area (Å²) in [5, 5.41) is 7.95. The first-order chi connectivity index (χ1) is 14.5. The first kappa shape index (κ1) is 20.3. The van der Waals surface area contributed by atoms with Crippen LogP contribution in [0, 0.1) is 12.8 Å². The number of nitrogens with one attached hydrogen (secondary N) is 3. The quantitative estimate of drug-likeness (QED) is 0.542. The van der Waals surface area contributed by atoms with Crippen molar-refractivity contribution < 1.29 is 4.52 Å². The monoisotopic (exact) mass is 425 g/mol. The van der Waals surface area contributed by atoms with E-state index in [4.69, 9.17) is 16.1 Å². The van der Waals surface area contributed by atoms with E-state index in [-0.39, 0.29) is 0 Å². The van der Waals surface area contributed by atoms with Crippen LogP contribution in [0.25, 0.3) is 11.3 Å². The van der Waals surface area contributed by atoms with Crippen LogP contribution in [0.3, 0.4) is 0 Å². The van der Waals surface area contributed by atoms with Crippen molar-refractivity contribution in [1.82, 2.24) is 26.0 Å². The molecule has 1 fully saturated rings. The number of nitrogens with zero attached hydrogens (tertiary/aromatic N) is 4. The summed E-state index contributed by atoms with van der Waals surface area (Å²) >= 11 is 6.05. The number of benzene rings is 1. The predicted octanol–water partition coefficient (Wildman–Crippen LogP) is 4.26. The van der Waals surface area contributed by atoms with Crippen molar-refractivity contribution in [3.63, 3.8) is 0 Å². The Morgan fingerprint density at radius 2 is 2.13 bits per heavy atom. The Hall–Kier alpha value is -2.97. The zero-order chi connectivity index (χ0) is 21.1. The van der Waals surface area contributed by atoms with Crippen LogP contribution in [-0.2, 0) is 6.54 Å². The summed E-state index contributed by atoms with van der Waals surface area (Å²) in [4.78, 5) is 13.6. The molecule has 0 aliphatic carbocycles. The second-order valence-corrected chi connectivity index (χ2v) is 8.05. The second kappa shape index (κ2) is 8.81. The minimum atomic E-state index is 0.365. The molecular weight excluding hydrogens is 402 g/mol. The van der Waals surface area contributed by atoms with E-state index < -0.39 is 0 Å². The standard InChI is InChI=1S/C21H24ClN7O/c1-12(2)17-10-20(28-27-17)25-19-7-13(3)24-21(26-19)23-11-16-9-18(29-30-16)14-5-4-6-15(22)8-14/h4-9,12,17,27H,10-11H2,1-3H3,(H2,23,24,25,26,28). The third-order valence-corrected chi connectivity index (χ3v) is 5.05. The summed E-state index contributed by atoms with van der Waals surface area (Å²) < 4.78 is 5.43. The van der Waals surface area contributed by atoms with Crippen molar-refractivity contribution in [2.75, 3.05) is 5.32 Å². The average molecular weight is 426 g/mol. The molecule has 3 N–H and O–H groups in total. The molecule has 0 amide bonds. The fraction of sp³-hybridized carbons (Fsp3) is 0.333. The lowest BCUT2D eigenvalue weighted by Gasteiger charge is -2.11. The molecule has 1 aromatic carbocycles. The molecule has 1 atom stereocenters. The molecule has 1 unspecified atom stereocenters. The normalized spacial score (nSPS) is 17.5. The summed E-state index contributed by atoms with van der Waals surface area (Å²) in [6.07, 6.45) is 0.841. The van der Waals surface area contributed by atoms with Crippen molar-refractivity contribution in [3.8, 4) is 11.3 Å². The summed E-state index contributed by atoms with van der Waals surface area (Å²) in [5.41, 5.74) is 8.86. The molecular formula is C21H24ClN7O. The summed E-state index contributed by atoms with van der Waals surface area (Å²) in [6, 6.07) is 11.6. The minimum Gasteiger partial charge on any atom is -0.359 e. The number of hydrogen-bond donors (Lipinski definition) is 3. The van der Waals surface area contributed by atoms with Gasteiger partial charge in [0.25, 0.3) is 0 Å². The summed E-state index contributed by atoms with van der Waals surface area (Å²) in [6.45, 7) is 6.68. The van der Waals surface area contributed by atoms with Gasteiger partial charge in [-0.15, -0.1) is 0 Å². The highest BCUT2D eigenvalue weighted by Crippen LogP contribution is 2.23. The van der Waals surface area contributed by atoms with Crippen molar-refractivity contribution in [1.29, 1.82) is 0 Å². The first-order valence-electron chi connectivity index (χ1n) is 9.86. The number of hydrogen-bond acceptors (Lipinski definition) is 7. The number of aromatic nitrogens is 3. The lowest BCUT2D eigenvalue weighted by molar-refractivity contribution is 0.390. The highest BCUT2D eigenvalue weighted by molar-refractivity contribution is 6.30. The Morgan fingerprint density at radius 3 is 2.90 bits per heavy atom. The fourth-order valence-corrected chi connectivity index (χ4v) is 3.33. The van der Waals surface area contributed by atoms with E-state index in [9.17, 15) is 0 Å². The molecule has 9 heteroatoms. The Bertz CT molecular complexity index is 1060. The van der Waals surface area contributed by atoms with Gasteiger partial charge >= 0.3 is 0 Å². The largest absolute Gasteiger partial charge is 0.359 e. The Labute approximate surface area is 180 Å². The molecule has 2 aromatic heterocycles. The molecule has 3 aromatic rings. The molecule has 0 spiro atoms. The number of anilines is 1. The number of amidine groups is 1. The first-order valence-corrected chi connectivity index (χ1v) is 10.2. The van der Waals surface area contributed by atoms with Crippen LogP contribution >= 0.6 is 11.6 Å². The molecule has 8 nitrogen and oxygen atoms in total. The van der Waals surface area contributed by atoms with Gasteiger partial charge in [-0.2, -0.15) is 4.98 Å². The number of aliphatic imine (C=N–C) groups is 1. The van der Waals surface area contributed by atoms with Gasteiger partial charge in [0.1, 0.15) is 11.5 Å². The molecule has 4 rings (SSSR count). The van der Waals surface area contributed by atoms with Gasteiger partial charge in [-0.1, -0.05) is 42.7 Å². The van der Waals surface area contributed by atoms with Gasteiger partial charge in [-0.3, -0.25) is 0 Å². The molecule has 0 radical (unpaired) electrons. The van der Waals surface area contributed by atoms with Crippen LogP contribution in [-0.4, -0.2) is 27.0 Å². The van der Waals surface area contributed by atoms with Crippen LogP contribution in [0.5, 0.6) is 0 Å². The van der Waals surface area contributed by atoms with Crippen LogP contribution in [0.1, 0.15) is 31.7 Å². The Morgan fingerprint density at radius 1 is 1.27 bits per heavy atom. The van der Waals surface area contributed by atoms with Crippen molar-refractivity contribution in [3.05, 3.63) is 52.9 Å². The molecule has 1 aliphatic rings. The Kier molecular flexibility index (Phi) is 5.96. The van der Waals surface area contributed by atoms with Gasteiger partial charge in [0.2, 0.25) is 5.95 Å². The number of hydrazine groups is 1. The number of halogens is 1. The van der Waals surface area contributed by atoms with Crippen LogP contribution in [0.4, 0.5) is 11.8 Å². The van der Waals surface area contributed by atoms with E-state index in [0.29, 0.717) is 41.1 Å². The maximum atomic E-state index is 6.05. The van der Waals surface area contributed by atoms with Gasteiger partial charge in [-0.25, -0.2) is 15.4 Å². The van der Waals surface area contributed by atoms with Crippen molar-refractivity contribution in [2.45, 2.75) is 39.8 Å². The highest BCUT2D eigenvalue weighted by atomic mass is 35.5.